The summed E-state index contributed by atoms with van der Waals surface area (Å²) in [5.74, 6) is 2.36. The van der Waals surface area contributed by atoms with Crippen LogP contribution in [0.5, 0.6) is 5.75 Å². The largest absolute Gasteiger partial charge is 0.489 e. The Morgan fingerprint density at radius 3 is 2.31 bits per heavy atom. The van der Waals surface area contributed by atoms with Gasteiger partial charge in [-0.3, -0.25) is 14.9 Å². The summed E-state index contributed by atoms with van der Waals surface area (Å²) in [6.07, 6.45) is 5.83. The number of aromatic nitrogens is 4. The molecule has 3 N–H and O–H groups in total. The van der Waals surface area contributed by atoms with Crippen molar-refractivity contribution in [3.8, 4) is 17.0 Å². The molecule has 0 bridgehead atoms. The lowest BCUT2D eigenvalue weighted by molar-refractivity contribution is -0.119. The number of ether oxygens (including phenoxy) is 1. The first kappa shape index (κ1) is 27.6. The summed E-state index contributed by atoms with van der Waals surface area (Å²) in [4.78, 5) is 35.8. The Kier molecular flexibility index (Phi) is 8.00. The quantitative estimate of drug-likeness (QED) is 0.331. The van der Waals surface area contributed by atoms with Gasteiger partial charge >= 0.3 is 0 Å². The fraction of sp³-hybridized carbons (Fsp3) is 0.387. The molecule has 1 saturated heterocycles. The Balaban J connectivity index is 0.000000470. The van der Waals surface area contributed by atoms with E-state index in [0.29, 0.717) is 18.2 Å². The molecule has 218 valence electrons. The first-order valence-electron chi connectivity index (χ1n) is 14.5. The number of nitrogens with two attached hydrogens (primary N) is 1. The summed E-state index contributed by atoms with van der Waals surface area (Å²) < 4.78 is 7.76. The van der Waals surface area contributed by atoms with Crippen molar-refractivity contribution in [1.82, 2.24) is 24.5 Å². The minimum absolute atomic E-state index is 0.00173. The second-order valence-electron chi connectivity index (χ2n) is 11.2. The van der Waals surface area contributed by atoms with Gasteiger partial charge in [-0.15, -0.1) is 5.10 Å². The molecule has 0 unspecified atom stereocenters. The number of anilines is 2. The molecule has 4 aromatic rings. The maximum atomic E-state index is 12.1. The normalized spacial score (nSPS) is 16.9. The molecule has 0 radical (unpaired) electrons. The number of rotatable bonds is 8. The number of hydrogen-bond acceptors (Lipinski definition) is 8. The number of carbonyl (C=O) groups is 2. The third-order valence-electron chi connectivity index (χ3n) is 7.71. The fourth-order valence-corrected chi connectivity index (χ4v) is 4.72. The summed E-state index contributed by atoms with van der Waals surface area (Å²) in [6, 6.07) is 17.9. The SMILES string of the molecule is CN1CCN(c2ccc(COc3ccc(-c4cccc5nc(NC(=O)C6CC6)nn45)cc3)cn2)CC1.NC(=O)C1CC1. The van der Waals surface area contributed by atoms with Crippen molar-refractivity contribution in [2.24, 2.45) is 17.6 Å². The van der Waals surface area contributed by atoms with Crippen LogP contribution in [0.2, 0.25) is 0 Å². The molecule has 11 heteroatoms. The van der Waals surface area contributed by atoms with Gasteiger partial charge in [0.1, 0.15) is 18.2 Å². The van der Waals surface area contributed by atoms with Gasteiger partial charge in [-0.05, 0) is 75.2 Å². The summed E-state index contributed by atoms with van der Waals surface area (Å²) in [5.41, 5.74) is 8.45. The van der Waals surface area contributed by atoms with Crippen molar-refractivity contribution in [1.29, 1.82) is 0 Å². The predicted molar refractivity (Wildman–Crippen MR) is 160 cm³/mol. The van der Waals surface area contributed by atoms with Crippen molar-refractivity contribution in [3.05, 3.63) is 66.4 Å². The van der Waals surface area contributed by atoms with Crippen LogP contribution < -0.4 is 20.7 Å². The maximum Gasteiger partial charge on any atom is 0.249 e. The van der Waals surface area contributed by atoms with Gasteiger partial charge in [0.15, 0.2) is 5.65 Å². The van der Waals surface area contributed by atoms with Crippen LogP contribution in [-0.2, 0) is 16.2 Å². The average Bonchev–Trinajstić information content (AvgIpc) is 3.94. The van der Waals surface area contributed by atoms with E-state index in [1.165, 1.54) is 0 Å². The molecule has 3 aliphatic rings. The molecule has 3 aromatic heterocycles. The minimum Gasteiger partial charge on any atom is -0.489 e. The van der Waals surface area contributed by atoms with Gasteiger partial charge in [-0.25, -0.2) is 9.50 Å². The summed E-state index contributed by atoms with van der Waals surface area (Å²) in [5, 5.41) is 7.34. The smallest absolute Gasteiger partial charge is 0.249 e. The number of primary amides is 1. The molecule has 2 amide bonds. The van der Waals surface area contributed by atoms with E-state index >= 15 is 0 Å². The van der Waals surface area contributed by atoms with Gasteiger partial charge < -0.3 is 20.3 Å². The molecule has 7 rings (SSSR count). The number of carbonyl (C=O) groups excluding carboxylic acids is 2. The maximum absolute atomic E-state index is 12.1. The number of fused-ring (bicyclic) bond motifs is 1. The van der Waals surface area contributed by atoms with Gasteiger partial charge in [0.2, 0.25) is 17.8 Å². The molecule has 2 saturated carbocycles. The van der Waals surface area contributed by atoms with Crippen LogP contribution in [0, 0.1) is 11.8 Å². The van der Waals surface area contributed by atoms with E-state index in [4.69, 9.17) is 10.5 Å². The number of pyridine rings is 2. The van der Waals surface area contributed by atoms with Crippen molar-refractivity contribution in [3.63, 3.8) is 0 Å². The monoisotopic (exact) mass is 568 g/mol. The highest BCUT2D eigenvalue weighted by Gasteiger charge is 2.30. The lowest BCUT2D eigenvalue weighted by Crippen LogP contribution is -2.44. The number of likely N-dealkylation sites (N-methyl/N-ethyl adjacent to an activating group) is 1. The molecular formula is C31H36N8O3. The summed E-state index contributed by atoms with van der Waals surface area (Å²) in [7, 11) is 2.15. The standard InChI is InChI=1S/C27H29N7O2.C4H7NO/c1-32-13-15-33(16-14-32)24-12-5-19(17-28-24)18-36-22-10-8-20(9-11-22)23-3-2-4-25-29-27(31-34(23)25)30-26(35)21-6-7-21;5-4(6)3-1-2-3/h2-5,8-12,17,21H,6-7,13-16,18H2,1H3,(H,30,31,35);3H,1-2H2,(H2,5,6). The van der Waals surface area contributed by atoms with Crippen molar-refractivity contribution in [2.75, 3.05) is 43.4 Å². The number of benzene rings is 1. The molecule has 0 spiro atoms. The zero-order valence-electron chi connectivity index (χ0n) is 23.8. The highest BCUT2D eigenvalue weighted by molar-refractivity contribution is 5.92. The molecule has 1 aromatic carbocycles. The molecule has 4 heterocycles. The van der Waals surface area contributed by atoms with Crippen molar-refractivity contribution >= 4 is 29.2 Å². The van der Waals surface area contributed by atoms with E-state index in [9.17, 15) is 9.59 Å². The molecule has 3 fully saturated rings. The minimum atomic E-state index is -0.130. The topological polar surface area (TPSA) is 131 Å². The molecule has 0 atom stereocenters. The third-order valence-corrected chi connectivity index (χ3v) is 7.71. The lowest BCUT2D eigenvalue weighted by atomic mass is 10.1. The predicted octanol–water partition coefficient (Wildman–Crippen LogP) is 3.35. The Morgan fingerprint density at radius 2 is 1.69 bits per heavy atom. The van der Waals surface area contributed by atoms with Crippen LogP contribution in [0.25, 0.3) is 16.9 Å². The highest BCUT2D eigenvalue weighted by Crippen LogP contribution is 2.30. The fourth-order valence-electron chi connectivity index (χ4n) is 4.72. The van der Waals surface area contributed by atoms with Crippen LogP contribution in [-0.4, -0.2) is 69.5 Å². The number of piperazine rings is 1. The summed E-state index contributed by atoms with van der Waals surface area (Å²) in [6.45, 7) is 4.59. The van der Waals surface area contributed by atoms with E-state index in [-0.39, 0.29) is 23.7 Å². The van der Waals surface area contributed by atoms with E-state index in [2.05, 4.69) is 49.4 Å². The average molecular weight is 569 g/mol. The number of nitrogens with one attached hydrogen (secondary N) is 1. The van der Waals surface area contributed by atoms with E-state index in [1.807, 2.05) is 48.7 Å². The highest BCUT2D eigenvalue weighted by atomic mass is 16.5. The van der Waals surface area contributed by atoms with Gasteiger partial charge in [0.05, 0.1) is 5.69 Å². The number of hydrogen-bond donors (Lipinski definition) is 2. The van der Waals surface area contributed by atoms with Crippen molar-refractivity contribution in [2.45, 2.75) is 32.3 Å². The first-order valence-corrected chi connectivity index (χ1v) is 14.5. The Labute approximate surface area is 244 Å². The van der Waals surface area contributed by atoms with E-state index in [1.54, 1.807) is 4.52 Å². The van der Waals surface area contributed by atoms with E-state index < -0.39 is 0 Å². The van der Waals surface area contributed by atoms with Crippen LogP contribution in [0.4, 0.5) is 11.8 Å². The molecule has 1 aliphatic heterocycles. The van der Waals surface area contributed by atoms with Gasteiger partial charge in [-0.1, -0.05) is 12.1 Å². The van der Waals surface area contributed by atoms with Crippen LogP contribution >= 0.6 is 0 Å². The third kappa shape index (κ3) is 6.85. The lowest BCUT2D eigenvalue weighted by Gasteiger charge is -2.33. The van der Waals surface area contributed by atoms with Crippen LogP contribution in [0.1, 0.15) is 31.2 Å². The molecule has 42 heavy (non-hydrogen) atoms. The van der Waals surface area contributed by atoms with Gasteiger partial charge in [0.25, 0.3) is 0 Å². The number of nitrogens with zero attached hydrogens (tertiary/aromatic N) is 6. The van der Waals surface area contributed by atoms with Gasteiger partial charge in [0, 0.05) is 55.3 Å². The number of amides is 2. The van der Waals surface area contributed by atoms with Crippen LogP contribution in [0.3, 0.4) is 0 Å². The Morgan fingerprint density at radius 1 is 0.952 bits per heavy atom. The van der Waals surface area contributed by atoms with Crippen LogP contribution in [0.15, 0.2) is 60.8 Å². The Bertz CT molecular complexity index is 1540. The molecule has 2 aliphatic carbocycles. The second-order valence-corrected chi connectivity index (χ2v) is 11.2. The van der Waals surface area contributed by atoms with E-state index in [0.717, 1.165) is 80.3 Å². The van der Waals surface area contributed by atoms with Crippen molar-refractivity contribution < 1.29 is 14.3 Å². The Hall–Kier alpha value is -4.51. The molecular weight excluding hydrogens is 532 g/mol. The first-order chi connectivity index (χ1) is 20.4. The van der Waals surface area contributed by atoms with Gasteiger partial charge in [-0.2, -0.15) is 4.98 Å². The second kappa shape index (κ2) is 12.2. The zero-order valence-corrected chi connectivity index (χ0v) is 23.8. The zero-order chi connectivity index (χ0) is 29.1. The summed E-state index contributed by atoms with van der Waals surface area (Å²) >= 11 is 0. The molecule has 11 nitrogen and oxygen atoms in total.